The zero-order chi connectivity index (χ0) is 23.9. The number of aliphatic hydroxyl groups is 1. The van der Waals surface area contributed by atoms with Gasteiger partial charge in [0.1, 0.15) is 0 Å². The molecule has 0 spiro atoms. The number of nitrogens with zero attached hydrogens (tertiary/aromatic N) is 2. The number of nitriles is 1. The van der Waals surface area contributed by atoms with Crippen LogP contribution in [-0.4, -0.2) is 5.11 Å². The second-order valence-corrected chi connectivity index (χ2v) is 9.40. The number of hydrogen-bond donors (Lipinski definition) is 2. The fourth-order valence-corrected chi connectivity index (χ4v) is 5.39. The van der Waals surface area contributed by atoms with Gasteiger partial charge in [0.15, 0.2) is 6.20 Å². The molecule has 2 heterocycles. The van der Waals surface area contributed by atoms with Crippen LogP contribution in [0.5, 0.6) is 0 Å². The molecule has 2 N–H and O–H groups in total. The Labute approximate surface area is 213 Å². The molecule has 1 aromatic heterocycles. The van der Waals surface area contributed by atoms with E-state index in [1.165, 1.54) is 0 Å². The molecular weight excluding hydrogens is 485 g/mol. The van der Waals surface area contributed by atoms with Gasteiger partial charge in [0.2, 0.25) is 17.3 Å². The fraction of sp³-hybridized carbons (Fsp3) is 0.111. The van der Waals surface area contributed by atoms with E-state index in [4.69, 9.17) is 35.8 Å². The maximum atomic E-state index is 12.4. The molecule has 34 heavy (non-hydrogen) atoms. The van der Waals surface area contributed by atoms with Gasteiger partial charge in [0, 0.05) is 28.7 Å². The minimum Gasteiger partial charge on any atom is -0.762 e. The fourth-order valence-electron chi connectivity index (χ4n) is 4.75. The number of para-hydroxylation sites is 1. The Kier molecular flexibility index (Phi) is 5.93. The molecule has 0 saturated heterocycles. The maximum Gasteiger partial charge on any atom is 0.225 e. The summed E-state index contributed by atoms with van der Waals surface area (Å²) >= 11 is 18.2. The van der Waals surface area contributed by atoms with E-state index in [1.54, 1.807) is 12.1 Å². The Bertz CT molecular complexity index is 1460. The Hall–Kier alpha value is -3.14. The summed E-state index contributed by atoms with van der Waals surface area (Å²) in [6.07, 6.45) is 1.91. The van der Waals surface area contributed by atoms with Gasteiger partial charge in [-0.2, -0.15) is 9.83 Å². The van der Waals surface area contributed by atoms with Crippen molar-refractivity contribution in [2.24, 2.45) is 0 Å². The molecule has 0 radical (unpaired) electrons. The second kappa shape index (κ2) is 8.90. The highest BCUT2D eigenvalue weighted by Gasteiger charge is 2.54. The lowest BCUT2D eigenvalue weighted by molar-refractivity contribution is -0.720. The third-order valence-corrected chi connectivity index (χ3v) is 7.34. The summed E-state index contributed by atoms with van der Waals surface area (Å²) in [6.45, 7) is 0. The van der Waals surface area contributed by atoms with Crippen molar-refractivity contribution in [3.8, 4) is 6.07 Å². The summed E-state index contributed by atoms with van der Waals surface area (Å²) in [5.74, 6) is -0.602. The molecule has 3 atom stereocenters. The van der Waals surface area contributed by atoms with Gasteiger partial charge in [0.25, 0.3) is 0 Å². The van der Waals surface area contributed by atoms with E-state index in [2.05, 4.69) is 11.4 Å². The molecule has 3 aromatic carbocycles. The van der Waals surface area contributed by atoms with Crippen LogP contribution in [0.25, 0.3) is 10.9 Å². The highest BCUT2D eigenvalue weighted by atomic mass is 35.5. The number of nitrogens with one attached hydrogen (secondary N) is 1. The standard InChI is InChI=1S/C27H19Cl2N3OS/c28-21-13-12-18(15-22(21)29)24-20(16-30)26(34)31-27(33,19-9-2-1-3-10-19)25(24)32-14-6-8-17-7-4-5-11-23(17)32/h1-15,24-25,31,33H. The predicted molar refractivity (Wildman–Crippen MR) is 136 cm³/mol. The lowest BCUT2D eigenvalue weighted by atomic mass is 9.75. The van der Waals surface area contributed by atoms with Crippen LogP contribution >= 0.6 is 23.2 Å². The van der Waals surface area contributed by atoms with Gasteiger partial charge in [-0.1, -0.05) is 76.8 Å². The van der Waals surface area contributed by atoms with E-state index in [0.717, 1.165) is 16.5 Å². The third-order valence-electron chi connectivity index (χ3n) is 6.28. The smallest absolute Gasteiger partial charge is 0.225 e. The first-order valence-electron chi connectivity index (χ1n) is 10.7. The van der Waals surface area contributed by atoms with E-state index in [0.29, 0.717) is 21.2 Å². The molecule has 1 aliphatic rings. The van der Waals surface area contributed by atoms with Crippen molar-refractivity contribution >= 4 is 46.7 Å². The van der Waals surface area contributed by atoms with Gasteiger partial charge in [-0.25, -0.2) is 0 Å². The molecule has 0 aliphatic carbocycles. The lowest BCUT2D eigenvalue weighted by Gasteiger charge is -2.45. The Morgan fingerprint density at radius 2 is 1.65 bits per heavy atom. The number of pyridine rings is 1. The van der Waals surface area contributed by atoms with Crippen LogP contribution in [0.1, 0.15) is 23.1 Å². The molecule has 0 saturated carbocycles. The molecule has 1 aliphatic heterocycles. The first kappa shape index (κ1) is 22.6. The summed E-state index contributed by atoms with van der Waals surface area (Å²) in [5.41, 5.74) is 0.991. The summed E-state index contributed by atoms with van der Waals surface area (Å²) < 4.78 is 2.00. The normalized spacial score (nSPS) is 22.3. The number of hydrogen-bond acceptors (Lipinski definition) is 4. The Balaban J connectivity index is 1.87. The Morgan fingerprint density at radius 1 is 0.941 bits per heavy atom. The molecule has 7 heteroatoms. The average molecular weight is 504 g/mol. The summed E-state index contributed by atoms with van der Waals surface area (Å²) in [6, 6.07) is 28.0. The highest BCUT2D eigenvalue weighted by molar-refractivity contribution is 7.63. The molecule has 4 aromatic rings. The van der Waals surface area contributed by atoms with Gasteiger partial charge in [0.05, 0.1) is 22.0 Å². The number of benzene rings is 3. The Morgan fingerprint density at radius 3 is 2.38 bits per heavy atom. The summed E-state index contributed by atoms with van der Waals surface area (Å²) in [5, 5.41) is 27.6. The molecule has 4 nitrogen and oxygen atoms in total. The number of rotatable bonds is 3. The van der Waals surface area contributed by atoms with Crippen molar-refractivity contribution < 1.29 is 9.67 Å². The van der Waals surface area contributed by atoms with Crippen molar-refractivity contribution in [3.63, 3.8) is 0 Å². The van der Waals surface area contributed by atoms with Crippen LogP contribution in [0.3, 0.4) is 0 Å². The van der Waals surface area contributed by atoms with Crippen LogP contribution in [0.4, 0.5) is 0 Å². The first-order chi connectivity index (χ1) is 16.4. The van der Waals surface area contributed by atoms with Gasteiger partial charge in [-0.05, 0) is 29.8 Å². The first-order valence-corrected chi connectivity index (χ1v) is 11.8. The van der Waals surface area contributed by atoms with E-state index in [-0.39, 0.29) is 5.03 Å². The highest BCUT2D eigenvalue weighted by Crippen LogP contribution is 2.47. The van der Waals surface area contributed by atoms with Crippen LogP contribution in [-0.2, 0) is 18.4 Å². The van der Waals surface area contributed by atoms with Crippen LogP contribution in [0, 0.1) is 11.3 Å². The van der Waals surface area contributed by atoms with Crippen LogP contribution in [0.2, 0.25) is 10.0 Å². The summed E-state index contributed by atoms with van der Waals surface area (Å²) in [7, 11) is 0. The van der Waals surface area contributed by atoms with E-state index < -0.39 is 17.7 Å². The number of fused-ring (bicyclic) bond motifs is 1. The average Bonchev–Trinajstić information content (AvgIpc) is 2.86. The zero-order valence-corrected chi connectivity index (χ0v) is 20.1. The molecule has 0 bridgehead atoms. The third kappa shape index (κ3) is 3.70. The van der Waals surface area contributed by atoms with Crippen molar-refractivity contribution in [1.82, 2.24) is 5.32 Å². The molecule has 5 rings (SSSR count). The molecular formula is C27H19Cl2N3OS. The number of halogens is 2. The SMILES string of the molecule is N#CC1=C([S-])NC(O)(c2ccccc2)C([n+]2cccc3ccccc32)C1c1ccc(Cl)c(Cl)c1. The minimum absolute atomic E-state index is 0.196. The molecule has 168 valence electrons. The zero-order valence-electron chi connectivity index (χ0n) is 17.8. The van der Waals surface area contributed by atoms with Crippen molar-refractivity contribution in [2.45, 2.75) is 17.7 Å². The van der Waals surface area contributed by atoms with Crippen LogP contribution < -0.4 is 9.88 Å². The quantitative estimate of drug-likeness (QED) is 0.286. The van der Waals surface area contributed by atoms with E-state index >= 15 is 0 Å². The number of allylic oxidation sites excluding steroid dienone is 1. The van der Waals surface area contributed by atoms with E-state index in [1.807, 2.05) is 83.6 Å². The van der Waals surface area contributed by atoms with Crippen LogP contribution in [0.15, 0.2) is 102 Å². The van der Waals surface area contributed by atoms with Crippen molar-refractivity contribution in [3.05, 3.63) is 123 Å². The molecule has 0 fully saturated rings. The monoisotopic (exact) mass is 503 g/mol. The van der Waals surface area contributed by atoms with Gasteiger partial charge < -0.3 is 23.1 Å². The van der Waals surface area contributed by atoms with Gasteiger partial charge >= 0.3 is 0 Å². The predicted octanol–water partition coefficient (Wildman–Crippen LogP) is 5.49. The van der Waals surface area contributed by atoms with Crippen molar-refractivity contribution in [2.75, 3.05) is 0 Å². The largest absolute Gasteiger partial charge is 0.762 e. The summed E-state index contributed by atoms with van der Waals surface area (Å²) in [4.78, 5) is 0. The number of aromatic nitrogens is 1. The second-order valence-electron chi connectivity index (χ2n) is 8.18. The topological polar surface area (TPSA) is 59.9 Å². The maximum absolute atomic E-state index is 12.4. The lowest BCUT2D eigenvalue weighted by Crippen LogP contribution is -2.62. The minimum atomic E-state index is -1.62. The van der Waals surface area contributed by atoms with Gasteiger partial charge in [-0.15, -0.1) is 0 Å². The van der Waals surface area contributed by atoms with E-state index in [9.17, 15) is 10.4 Å². The molecule has 3 unspecified atom stereocenters. The van der Waals surface area contributed by atoms with Gasteiger partial charge in [-0.3, -0.25) is 0 Å². The van der Waals surface area contributed by atoms with Crippen molar-refractivity contribution in [1.29, 1.82) is 5.26 Å². The molecule has 0 amide bonds.